The number of aryl methyl sites for hydroxylation is 2. The van der Waals surface area contributed by atoms with Crippen molar-refractivity contribution in [2.24, 2.45) is 5.92 Å². The zero-order valence-electron chi connectivity index (χ0n) is 17.5. The number of piperidine rings is 1. The van der Waals surface area contributed by atoms with E-state index in [1.165, 1.54) is 6.07 Å². The van der Waals surface area contributed by atoms with Gasteiger partial charge in [0.2, 0.25) is 10.0 Å². The molecule has 1 heterocycles. The van der Waals surface area contributed by atoms with E-state index in [0.29, 0.717) is 5.75 Å². The van der Waals surface area contributed by atoms with E-state index in [-0.39, 0.29) is 25.9 Å². The number of ether oxygens (including phenoxy) is 1. The number of nitrogens with zero attached hydrogens (tertiary/aromatic N) is 1. The second-order valence-electron chi connectivity index (χ2n) is 7.75. The zero-order chi connectivity index (χ0) is 23.0. The molecule has 3 rings (SSSR count). The van der Waals surface area contributed by atoms with Gasteiger partial charge in [0.25, 0.3) is 0 Å². The predicted molar refractivity (Wildman–Crippen MR) is 109 cm³/mol. The first-order valence-corrected chi connectivity index (χ1v) is 11.3. The molecule has 0 aromatic heterocycles. The Morgan fingerprint density at radius 1 is 1.00 bits per heavy atom. The number of benzene rings is 2. The molecule has 1 saturated heterocycles. The van der Waals surface area contributed by atoms with E-state index in [1.54, 1.807) is 0 Å². The third-order valence-electron chi connectivity index (χ3n) is 5.67. The second-order valence-corrected chi connectivity index (χ2v) is 9.65. The maximum Gasteiger partial charge on any atom is 0.417 e. The topological polar surface area (TPSA) is 63.7 Å². The fraction of sp³-hybridized carbons (Fsp3) is 0.409. The van der Waals surface area contributed by atoms with Crippen LogP contribution in [0, 0.1) is 26.7 Å². The molecular formula is C22H24F3NO4S. The summed E-state index contributed by atoms with van der Waals surface area (Å²) in [5.41, 5.74) is 1.47. The molecule has 0 radical (unpaired) electrons. The number of carbonyl (C=O) groups excluding carboxylic acids is 1. The average molecular weight is 455 g/mol. The molecular weight excluding hydrogens is 431 g/mol. The van der Waals surface area contributed by atoms with E-state index in [0.717, 1.165) is 39.2 Å². The molecule has 1 aliphatic rings. The summed E-state index contributed by atoms with van der Waals surface area (Å²) < 4.78 is 72.1. The van der Waals surface area contributed by atoms with E-state index in [9.17, 15) is 26.4 Å². The Bertz CT molecular complexity index is 1090. The van der Waals surface area contributed by atoms with Crippen molar-refractivity contribution in [2.45, 2.75) is 44.7 Å². The predicted octanol–water partition coefficient (Wildman–Crippen LogP) is 4.64. The third kappa shape index (κ3) is 4.77. The van der Waals surface area contributed by atoms with Gasteiger partial charge in [0.15, 0.2) is 0 Å². The highest BCUT2D eigenvalue weighted by molar-refractivity contribution is 7.89. The first-order chi connectivity index (χ1) is 14.4. The van der Waals surface area contributed by atoms with E-state index < -0.39 is 38.5 Å². The molecule has 0 bridgehead atoms. The summed E-state index contributed by atoms with van der Waals surface area (Å²) in [6.45, 7) is 5.49. The van der Waals surface area contributed by atoms with Gasteiger partial charge in [-0.05, 0) is 62.4 Å². The van der Waals surface area contributed by atoms with Crippen LogP contribution in [0.3, 0.4) is 0 Å². The van der Waals surface area contributed by atoms with Crippen molar-refractivity contribution in [3.8, 4) is 5.75 Å². The van der Waals surface area contributed by atoms with Crippen LogP contribution in [0.25, 0.3) is 0 Å². The Morgan fingerprint density at radius 2 is 1.58 bits per heavy atom. The van der Waals surface area contributed by atoms with Crippen molar-refractivity contribution in [1.82, 2.24) is 4.31 Å². The number of sulfonamides is 1. The van der Waals surface area contributed by atoms with Crippen LogP contribution in [0.5, 0.6) is 5.75 Å². The van der Waals surface area contributed by atoms with Crippen molar-refractivity contribution in [3.05, 3.63) is 58.7 Å². The van der Waals surface area contributed by atoms with Crippen LogP contribution in [0.1, 0.15) is 35.1 Å². The molecule has 31 heavy (non-hydrogen) atoms. The normalized spacial score (nSPS) is 16.3. The number of esters is 1. The fourth-order valence-electron chi connectivity index (χ4n) is 3.66. The molecule has 0 amide bonds. The van der Waals surface area contributed by atoms with Crippen molar-refractivity contribution < 1.29 is 31.1 Å². The molecule has 0 saturated carbocycles. The minimum Gasteiger partial charge on any atom is -0.426 e. The largest absolute Gasteiger partial charge is 0.426 e. The molecule has 0 spiro atoms. The lowest BCUT2D eigenvalue weighted by atomic mass is 9.98. The summed E-state index contributed by atoms with van der Waals surface area (Å²) in [6, 6.07) is 7.92. The van der Waals surface area contributed by atoms with Crippen molar-refractivity contribution in [2.75, 3.05) is 13.1 Å². The Labute approximate surface area is 179 Å². The van der Waals surface area contributed by atoms with Crippen LogP contribution in [-0.2, 0) is 21.0 Å². The summed E-state index contributed by atoms with van der Waals surface area (Å²) in [6.07, 6.45) is -4.43. The molecule has 1 fully saturated rings. The number of hydrogen-bond acceptors (Lipinski definition) is 4. The molecule has 5 nitrogen and oxygen atoms in total. The van der Waals surface area contributed by atoms with E-state index in [1.807, 2.05) is 32.9 Å². The van der Waals surface area contributed by atoms with Gasteiger partial charge in [-0.1, -0.05) is 24.3 Å². The monoisotopic (exact) mass is 455 g/mol. The molecule has 168 valence electrons. The number of halogens is 3. The second kappa shape index (κ2) is 8.63. The summed E-state index contributed by atoms with van der Waals surface area (Å²) in [7, 11) is -4.34. The Morgan fingerprint density at radius 3 is 2.19 bits per heavy atom. The van der Waals surface area contributed by atoms with Gasteiger partial charge < -0.3 is 4.74 Å². The summed E-state index contributed by atoms with van der Waals surface area (Å²) in [4.78, 5) is 11.9. The van der Waals surface area contributed by atoms with E-state index in [4.69, 9.17) is 4.74 Å². The van der Waals surface area contributed by atoms with Crippen molar-refractivity contribution >= 4 is 16.0 Å². The zero-order valence-corrected chi connectivity index (χ0v) is 18.3. The number of hydrogen-bond donors (Lipinski definition) is 0. The van der Waals surface area contributed by atoms with Gasteiger partial charge in [-0.15, -0.1) is 0 Å². The minimum absolute atomic E-state index is 0.0555. The fourth-order valence-corrected chi connectivity index (χ4v) is 5.35. The first-order valence-electron chi connectivity index (χ1n) is 9.88. The van der Waals surface area contributed by atoms with Gasteiger partial charge in [-0.3, -0.25) is 4.79 Å². The molecule has 0 aliphatic carbocycles. The Balaban J connectivity index is 1.73. The molecule has 2 aromatic carbocycles. The highest BCUT2D eigenvalue weighted by atomic mass is 32.2. The van der Waals surface area contributed by atoms with E-state index in [2.05, 4.69) is 0 Å². The number of alkyl halides is 3. The minimum atomic E-state index is -4.78. The maximum atomic E-state index is 13.3. The highest BCUT2D eigenvalue weighted by Gasteiger charge is 2.40. The molecule has 0 atom stereocenters. The summed E-state index contributed by atoms with van der Waals surface area (Å²) in [5.74, 6) is -0.479. The van der Waals surface area contributed by atoms with Crippen molar-refractivity contribution in [1.29, 1.82) is 0 Å². The van der Waals surface area contributed by atoms with Crippen LogP contribution in [0.2, 0.25) is 0 Å². The molecule has 2 aromatic rings. The molecule has 0 N–H and O–H groups in total. The first kappa shape index (κ1) is 23.3. The lowest BCUT2D eigenvalue weighted by Crippen LogP contribution is -2.41. The van der Waals surface area contributed by atoms with Gasteiger partial charge in [0.05, 0.1) is 16.4 Å². The Hall–Kier alpha value is -2.39. The van der Waals surface area contributed by atoms with Crippen LogP contribution in [-0.4, -0.2) is 31.8 Å². The van der Waals surface area contributed by atoms with Gasteiger partial charge in [0.1, 0.15) is 5.75 Å². The van der Waals surface area contributed by atoms with Crippen LogP contribution in [0.4, 0.5) is 13.2 Å². The van der Waals surface area contributed by atoms with Gasteiger partial charge >= 0.3 is 12.1 Å². The third-order valence-corrected chi connectivity index (χ3v) is 7.63. The smallest absolute Gasteiger partial charge is 0.417 e. The standard InChI is InChI=1S/C22H24F3NO4S/c1-14-8-9-15(2)20(16(14)3)30-21(27)17-10-12-26(13-11-17)31(28,29)19-7-5-4-6-18(19)22(23,24)25/h4-9,17H,10-13H2,1-3H3. The lowest BCUT2D eigenvalue weighted by Gasteiger charge is -2.31. The quantitative estimate of drug-likeness (QED) is 0.498. The van der Waals surface area contributed by atoms with Crippen molar-refractivity contribution in [3.63, 3.8) is 0 Å². The lowest BCUT2D eigenvalue weighted by molar-refractivity contribution is -0.140. The molecule has 9 heteroatoms. The maximum absolute atomic E-state index is 13.3. The summed E-state index contributed by atoms with van der Waals surface area (Å²) >= 11 is 0. The molecule has 1 aliphatic heterocycles. The van der Waals surface area contributed by atoms with Gasteiger partial charge in [-0.25, -0.2) is 8.42 Å². The Kier molecular flexibility index (Phi) is 6.48. The van der Waals surface area contributed by atoms with Crippen LogP contribution < -0.4 is 4.74 Å². The average Bonchev–Trinajstić information content (AvgIpc) is 2.73. The number of carbonyl (C=O) groups is 1. The van der Waals surface area contributed by atoms with Crippen LogP contribution >= 0.6 is 0 Å². The van der Waals surface area contributed by atoms with Gasteiger partial charge in [0, 0.05) is 13.1 Å². The SMILES string of the molecule is Cc1ccc(C)c(OC(=O)C2CCN(S(=O)(=O)c3ccccc3C(F)(F)F)CC2)c1C. The molecule has 0 unspecified atom stereocenters. The van der Waals surface area contributed by atoms with E-state index >= 15 is 0 Å². The number of rotatable bonds is 4. The van der Waals surface area contributed by atoms with Crippen LogP contribution in [0.15, 0.2) is 41.3 Å². The highest BCUT2D eigenvalue weighted by Crippen LogP contribution is 2.36. The summed E-state index contributed by atoms with van der Waals surface area (Å²) in [5, 5.41) is 0. The van der Waals surface area contributed by atoms with Gasteiger partial charge in [-0.2, -0.15) is 17.5 Å².